The number of likely N-dealkylation sites (tertiary alicyclic amines) is 1. The third kappa shape index (κ3) is 6.24. The predicted molar refractivity (Wildman–Crippen MR) is 106 cm³/mol. The number of unbranched alkanes of at least 4 members (excludes halogenated alkanes) is 1. The molecule has 0 radical (unpaired) electrons. The van der Waals surface area contributed by atoms with Crippen LogP contribution in [0, 0.1) is 0 Å². The van der Waals surface area contributed by atoms with Crippen molar-refractivity contribution in [3.63, 3.8) is 0 Å². The van der Waals surface area contributed by atoms with Crippen LogP contribution in [0.1, 0.15) is 38.2 Å². The highest BCUT2D eigenvalue weighted by atomic mass is 16.5. The Balaban J connectivity index is 1.62. The van der Waals surface area contributed by atoms with E-state index < -0.39 is 0 Å². The van der Waals surface area contributed by atoms with Crippen molar-refractivity contribution in [2.75, 3.05) is 33.8 Å². The SMILES string of the molecule is CCC(=O)N1CCC(NC(=NC)NCCCCc2ccc(OC)cc2)C1. The van der Waals surface area contributed by atoms with Crippen molar-refractivity contribution in [2.45, 2.75) is 45.1 Å². The number of rotatable bonds is 8. The molecule has 6 heteroatoms. The molecule has 0 saturated carbocycles. The van der Waals surface area contributed by atoms with Crippen LogP contribution in [-0.4, -0.2) is 56.6 Å². The molecule has 2 rings (SSSR count). The van der Waals surface area contributed by atoms with E-state index >= 15 is 0 Å². The highest BCUT2D eigenvalue weighted by Crippen LogP contribution is 2.13. The van der Waals surface area contributed by atoms with Gasteiger partial charge >= 0.3 is 0 Å². The predicted octanol–water partition coefficient (Wildman–Crippen LogP) is 2.19. The third-order valence-corrected chi connectivity index (χ3v) is 4.75. The number of amides is 1. The molecule has 1 unspecified atom stereocenters. The summed E-state index contributed by atoms with van der Waals surface area (Å²) >= 11 is 0. The number of nitrogens with one attached hydrogen (secondary N) is 2. The summed E-state index contributed by atoms with van der Waals surface area (Å²) in [6.45, 7) is 4.41. The van der Waals surface area contributed by atoms with Crippen molar-refractivity contribution in [3.05, 3.63) is 29.8 Å². The van der Waals surface area contributed by atoms with Crippen LogP contribution in [0.2, 0.25) is 0 Å². The van der Waals surface area contributed by atoms with Gasteiger partial charge in [0.05, 0.1) is 7.11 Å². The number of nitrogens with zero attached hydrogens (tertiary/aromatic N) is 2. The van der Waals surface area contributed by atoms with E-state index in [1.54, 1.807) is 14.2 Å². The van der Waals surface area contributed by atoms with Crippen LogP contribution in [-0.2, 0) is 11.2 Å². The molecule has 26 heavy (non-hydrogen) atoms. The van der Waals surface area contributed by atoms with Crippen molar-refractivity contribution >= 4 is 11.9 Å². The van der Waals surface area contributed by atoms with Gasteiger partial charge in [0, 0.05) is 39.1 Å². The van der Waals surface area contributed by atoms with Gasteiger partial charge in [-0.2, -0.15) is 0 Å². The molecule has 1 aliphatic rings. The van der Waals surface area contributed by atoms with Crippen LogP contribution in [0.4, 0.5) is 0 Å². The number of carbonyl (C=O) groups excluding carboxylic acids is 1. The Kier molecular flexibility index (Phi) is 8.25. The number of hydrogen-bond acceptors (Lipinski definition) is 3. The average Bonchev–Trinajstić information content (AvgIpc) is 3.15. The number of hydrogen-bond donors (Lipinski definition) is 2. The largest absolute Gasteiger partial charge is 0.497 e. The smallest absolute Gasteiger partial charge is 0.222 e. The van der Waals surface area contributed by atoms with Gasteiger partial charge in [-0.15, -0.1) is 0 Å². The second-order valence-electron chi connectivity index (χ2n) is 6.63. The zero-order valence-electron chi connectivity index (χ0n) is 16.3. The van der Waals surface area contributed by atoms with Gasteiger partial charge in [-0.25, -0.2) is 0 Å². The Hall–Kier alpha value is -2.24. The minimum atomic E-state index is 0.232. The van der Waals surface area contributed by atoms with E-state index in [2.05, 4.69) is 27.8 Å². The van der Waals surface area contributed by atoms with Crippen LogP contribution < -0.4 is 15.4 Å². The lowest BCUT2D eigenvalue weighted by atomic mass is 10.1. The summed E-state index contributed by atoms with van der Waals surface area (Å²) in [7, 11) is 3.48. The minimum absolute atomic E-state index is 0.232. The molecule has 1 aromatic carbocycles. The Morgan fingerprint density at radius 2 is 2.08 bits per heavy atom. The lowest BCUT2D eigenvalue weighted by molar-refractivity contribution is -0.129. The fraction of sp³-hybridized carbons (Fsp3) is 0.600. The van der Waals surface area contributed by atoms with E-state index in [9.17, 15) is 4.79 Å². The molecule has 1 atom stereocenters. The van der Waals surface area contributed by atoms with Crippen molar-refractivity contribution in [2.24, 2.45) is 4.99 Å². The number of aliphatic imine (C=N–C) groups is 1. The molecule has 144 valence electrons. The van der Waals surface area contributed by atoms with Crippen LogP contribution in [0.15, 0.2) is 29.3 Å². The Morgan fingerprint density at radius 1 is 1.31 bits per heavy atom. The van der Waals surface area contributed by atoms with Gasteiger partial charge in [0.1, 0.15) is 5.75 Å². The van der Waals surface area contributed by atoms with E-state index in [0.717, 1.165) is 57.0 Å². The summed E-state index contributed by atoms with van der Waals surface area (Å²) in [5, 5.41) is 6.80. The number of benzene rings is 1. The summed E-state index contributed by atoms with van der Waals surface area (Å²) < 4.78 is 5.18. The van der Waals surface area contributed by atoms with Gasteiger partial charge in [0.25, 0.3) is 0 Å². The van der Waals surface area contributed by atoms with Crippen LogP contribution >= 0.6 is 0 Å². The molecule has 1 fully saturated rings. The lowest BCUT2D eigenvalue weighted by Crippen LogP contribution is -2.45. The summed E-state index contributed by atoms with van der Waals surface area (Å²) in [6.07, 6.45) is 4.82. The van der Waals surface area contributed by atoms with Crippen LogP contribution in [0.5, 0.6) is 5.75 Å². The summed E-state index contributed by atoms with van der Waals surface area (Å²) in [5.74, 6) is 1.96. The van der Waals surface area contributed by atoms with Crippen LogP contribution in [0.3, 0.4) is 0 Å². The first-order chi connectivity index (χ1) is 12.7. The van der Waals surface area contributed by atoms with E-state index in [1.807, 2.05) is 24.0 Å². The number of guanidine groups is 1. The van der Waals surface area contributed by atoms with Crippen molar-refractivity contribution < 1.29 is 9.53 Å². The minimum Gasteiger partial charge on any atom is -0.497 e. The molecule has 2 N–H and O–H groups in total. The maximum absolute atomic E-state index is 11.8. The fourth-order valence-electron chi connectivity index (χ4n) is 3.17. The number of methoxy groups -OCH3 is 1. The zero-order valence-corrected chi connectivity index (χ0v) is 16.3. The molecule has 1 heterocycles. The molecule has 1 saturated heterocycles. The molecule has 1 aromatic rings. The second kappa shape index (κ2) is 10.7. The zero-order chi connectivity index (χ0) is 18.8. The lowest BCUT2D eigenvalue weighted by Gasteiger charge is -2.18. The quantitative estimate of drug-likeness (QED) is 0.424. The molecule has 0 bridgehead atoms. The standard InChI is InChI=1S/C20H32N4O2/c1-4-19(25)24-14-12-17(15-24)23-20(21-2)22-13-6-5-7-16-8-10-18(26-3)11-9-16/h8-11,17H,4-7,12-15H2,1-3H3,(H2,21,22,23). The Morgan fingerprint density at radius 3 is 2.73 bits per heavy atom. The summed E-state index contributed by atoms with van der Waals surface area (Å²) in [5.41, 5.74) is 1.33. The first-order valence-corrected chi connectivity index (χ1v) is 9.54. The molecular weight excluding hydrogens is 328 g/mol. The van der Waals surface area contributed by atoms with Crippen molar-refractivity contribution in [3.8, 4) is 5.75 Å². The molecule has 0 aromatic heterocycles. The monoisotopic (exact) mass is 360 g/mol. The second-order valence-corrected chi connectivity index (χ2v) is 6.63. The average molecular weight is 361 g/mol. The topological polar surface area (TPSA) is 66.0 Å². The summed E-state index contributed by atoms with van der Waals surface area (Å²) in [4.78, 5) is 18.0. The molecular formula is C20H32N4O2. The number of ether oxygens (including phenoxy) is 1. The maximum Gasteiger partial charge on any atom is 0.222 e. The van der Waals surface area contributed by atoms with Gasteiger partial charge in [-0.1, -0.05) is 19.1 Å². The molecule has 1 amide bonds. The van der Waals surface area contributed by atoms with Crippen molar-refractivity contribution in [1.29, 1.82) is 0 Å². The van der Waals surface area contributed by atoms with Gasteiger partial charge < -0.3 is 20.3 Å². The van der Waals surface area contributed by atoms with E-state index in [0.29, 0.717) is 6.42 Å². The molecule has 0 spiro atoms. The van der Waals surface area contributed by atoms with Gasteiger partial charge in [0.15, 0.2) is 5.96 Å². The van der Waals surface area contributed by atoms with Gasteiger partial charge in [-0.05, 0) is 43.4 Å². The maximum atomic E-state index is 11.8. The highest BCUT2D eigenvalue weighted by molar-refractivity contribution is 5.80. The number of carbonyl (C=O) groups is 1. The highest BCUT2D eigenvalue weighted by Gasteiger charge is 2.25. The first kappa shape index (κ1) is 20.1. The third-order valence-electron chi connectivity index (χ3n) is 4.75. The Labute approximate surface area is 157 Å². The van der Waals surface area contributed by atoms with Gasteiger partial charge in [-0.3, -0.25) is 9.79 Å². The fourth-order valence-corrected chi connectivity index (χ4v) is 3.17. The Bertz CT molecular complexity index is 586. The first-order valence-electron chi connectivity index (χ1n) is 9.54. The normalized spacial score (nSPS) is 17.3. The van der Waals surface area contributed by atoms with E-state index in [4.69, 9.17) is 4.74 Å². The van der Waals surface area contributed by atoms with Gasteiger partial charge in [0.2, 0.25) is 5.91 Å². The van der Waals surface area contributed by atoms with E-state index in [-0.39, 0.29) is 11.9 Å². The number of aryl methyl sites for hydroxylation is 1. The molecule has 1 aliphatic heterocycles. The van der Waals surface area contributed by atoms with E-state index in [1.165, 1.54) is 5.56 Å². The molecule has 6 nitrogen and oxygen atoms in total. The van der Waals surface area contributed by atoms with Crippen LogP contribution in [0.25, 0.3) is 0 Å². The summed E-state index contributed by atoms with van der Waals surface area (Å²) in [6, 6.07) is 8.55. The molecule has 0 aliphatic carbocycles. The van der Waals surface area contributed by atoms with Crippen molar-refractivity contribution in [1.82, 2.24) is 15.5 Å².